The Morgan fingerprint density at radius 1 is 0.944 bits per heavy atom. The van der Waals surface area contributed by atoms with Gasteiger partial charge in [-0.25, -0.2) is 8.42 Å². The van der Waals surface area contributed by atoms with E-state index in [1.165, 1.54) is 31.2 Å². The van der Waals surface area contributed by atoms with Crippen LogP contribution in [0.1, 0.15) is 41.7 Å². The van der Waals surface area contributed by atoms with Crippen LogP contribution < -0.4 is 4.74 Å². The van der Waals surface area contributed by atoms with E-state index in [1.807, 2.05) is 35.2 Å². The van der Waals surface area contributed by atoms with Crippen molar-refractivity contribution < 1.29 is 31.4 Å². The van der Waals surface area contributed by atoms with E-state index < -0.39 is 27.7 Å². The molecule has 3 aromatic carbocycles. The Morgan fingerprint density at radius 2 is 1.61 bits per heavy atom. The molecule has 3 aromatic rings. The minimum atomic E-state index is -4.40. The van der Waals surface area contributed by atoms with Crippen LogP contribution in [-0.4, -0.2) is 37.8 Å². The lowest BCUT2D eigenvalue weighted by molar-refractivity contribution is -0.137. The van der Waals surface area contributed by atoms with Crippen LogP contribution in [0.5, 0.6) is 5.75 Å². The van der Waals surface area contributed by atoms with E-state index in [0.717, 1.165) is 17.9 Å². The first-order chi connectivity index (χ1) is 16.9. The fourth-order valence-electron chi connectivity index (χ4n) is 3.91. The first-order valence-corrected chi connectivity index (χ1v) is 13.4. The third kappa shape index (κ3) is 8.08. The fourth-order valence-corrected chi connectivity index (χ4v) is 4.91. The molecule has 0 spiro atoms. The highest BCUT2D eigenvalue weighted by atomic mass is 32.2. The van der Waals surface area contributed by atoms with Crippen molar-refractivity contribution in [3.63, 3.8) is 0 Å². The maximum absolute atomic E-state index is 13.2. The van der Waals surface area contributed by atoms with Crippen LogP contribution in [0.25, 0.3) is 0 Å². The molecule has 0 fully saturated rings. The summed E-state index contributed by atoms with van der Waals surface area (Å²) in [5.41, 5.74) is 1.23. The zero-order valence-corrected chi connectivity index (χ0v) is 21.0. The summed E-state index contributed by atoms with van der Waals surface area (Å²) in [4.78, 5) is 2.07. The Bertz CT molecular complexity index is 1250. The van der Waals surface area contributed by atoms with Gasteiger partial charge in [0, 0.05) is 25.9 Å². The third-order valence-corrected chi connectivity index (χ3v) is 6.78. The number of aliphatic hydroxyl groups is 1. The first kappa shape index (κ1) is 27.7. The highest BCUT2D eigenvalue weighted by Crippen LogP contribution is 2.30. The highest BCUT2D eigenvalue weighted by Gasteiger charge is 2.30. The van der Waals surface area contributed by atoms with Crippen molar-refractivity contribution in [3.8, 4) is 5.75 Å². The lowest BCUT2D eigenvalue weighted by Gasteiger charge is -2.23. The van der Waals surface area contributed by atoms with Crippen molar-refractivity contribution in [2.45, 2.75) is 43.6 Å². The number of nitrogens with zero attached hydrogens (tertiary/aromatic N) is 1. The van der Waals surface area contributed by atoms with Gasteiger partial charge in [-0.05, 0) is 48.2 Å². The van der Waals surface area contributed by atoms with E-state index >= 15 is 0 Å². The Morgan fingerprint density at radius 3 is 2.25 bits per heavy atom. The summed E-state index contributed by atoms with van der Waals surface area (Å²) >= 11 is 0. The molecule has 1 N–H and O–H groups in total. The summed E-state index contributed by atoms with van der Waals surface area (Å²) in [6.45, 7) is 3.22. The molecule has 0 heterocycles. The zero-order valence-electron chi connectivity index (χ0n) is 20.2. The molecule has 36 heavy (non-hydrogen) atoms. The summed E-state index contributed by atoms with van der Waals surface area (Å²) in [5, 5.41) is 9.86. The number of hydrogen-bond donors (Lipinski definition) is 1. The fraction of sp³-hybridized carbons (Fsp3) is 0.333. The highest BCUT2D eigenvalue weighted by molar-refractivity contribution is 7.90. The van der Waals surface area contributed by atoms with Gasteiger partial charge in [0.25, 0.3) is 0 Å². The minimum Gasteiger partial charge on any atom is -0.494 e. The van der Waals surface area contributed by atoms with Crippen LogP contribution in [0.4, 0.5) is 13.2 Å². The molecular weight excluding hydrogens is 491 g/mol. The van der Waals surface area contributed by atoms with Crippen molar-refractivity contribution in [3.05, 3.63) is 95.1 Å². The molecule has 0 amide bonds. The summed E-state index contributed by atoms with van der Waals surface area (Å²) in [7, 11) is -3.56. The summed E-state index contributed by atoms with van der Waals surface area (Å²) in [5.74, 6) is 0.368. The van der Waals surface area contributed by atoms with E-state index in [-0.39, 0.29) is 11.5 Å². The van der Waals surface area contributed by atoms with Crippen molar-refractivity contribution in [1.82, 2.24) is 4.90 Å². The second-order valence-corrected chi connectivity index (χ2v) is 10.7. The molecule has 0 aliphatic heterocycles. The van der Waals surface area contributed by atoms with Gasteiger partial charge in [-0.2, -0.15) is 13.2 Å². The maximum Gasteiger partial charge on any atom is 0.416 e. The van der Waals surface area contributed by atoms with Crippen molar-refractivity contribution in [1.29, 1.82) is 0 Å². The molecule has 1 unspecified atom stereocenters. The number of ether oxygens (including phenoxy) is 1. The molecule has 1 atom stereocenters. The second-order valence-electron chi connectivity index (χ2n) is 8.74. The average Bonchev–Trinajstić information content (AvgIpc) is 2.81. The average molecular weight is 522 g/mol. The van der Waals surface area contributed by atoms with Gasteiger partial charge in [0.1, 0.15) is 5.75 Å². The number of rotatable bonds is 11. The van der Waals surface area contributed by atoms with Gasteiger partial charge in [0.2, 0.25) is 0 Å². The second kappa shape index (κ2) is 11.9. The van der Waals surface area contributed by atoms with E-state index in [2.05, 4.69) is 0 Å². The Kier molecular flexibility index (Phi) is 9.16. The van der Waals surface area contributed by atoms with Crippen LogP contribution in [-0.2, 0) is 29.1 Å². The summed E-state index contributed by atoms with van der Waals surface area (Å²) in [6.07, 6.45) is -3.69. The Balaban J connectivity index is 1.68. The third-order valence-electron chi connectivity index (χ3n) is 5.63. The monoisotopic (exact) mass is 521 g/mol. The molecule has 9 heteroatoms. The van der Waals surface area contributed by atoms with E-state index in [9.17, 15) is 26.7 Å². The predicted molar refractivity (Wildman–Crippen MR) is 132 cm³/mol. The lowest BCUT2D eigenvalue weighted by atomic mass is 10.1. The van der Waals surface area contributed by atoms with Crippen LogP contribution in [0.3, 0.4) is 0 Å². The molecule has 0 aliphatic rings. The van der Waals surface area contributed by atoms with Crippen LogP contribution >= 0.6 is 0 Å². The number of halogens is 3. The Labute approximate surface area is 210 Å². The maximum atomic E-state index is 13.2. The van der Waals surface area contributed by atoms with Crippen molar-refractivity contribution in [2.75, 3.05) is 19.4 Å². The van der Waals surface area contributed by atoms with Crippen LogP contribution in [0.15, 0.2) is 77.7 Å². The minimum absolute atomic E-state index is 0.0188. The van der Waals surface area contributed by atoms with Gasteiger partial charge in [0.15, 0.2) is 9.84 Å². The van der Waals surface area contributed by atoms with Gasteiger partial charge in [-0.15, -0.1) is 0 Å². The zero-order chi connectivity index (χ0) is 26.3. The number of aliphatic hydroxyl groups excluding tert-OH is 1. The predicted octanol–water partition coefficient (Wildman–Crippen LogP) is 5.63. The van der Waals surface area contributed by atoms with Gasteiger partial charge in [-0.3, -0.25) is 4.90 Å². The molecule has 0 aromatic heterocycles. The normalized spacial score (nSPS) is 13.1. The largest absolute Gasteiger partial charge is 0.494 e. The summed E-state index contributed by atoms with van der Waals surface area (Å²) in [6, 6.07) is 19.5. The molecular formula is C27H30F3NO4S. The van der Waals surface area contributed by atoms with E-state index in [1.54, 1.807) is 12.1 Å². The van der Waals surface area contributed by atoms with Gasteiger partial charge < -0.3 is 9.84 Å². The van der Waals surface area contributed by atoms with Crippen LogP contribution in [0.2, 0.25) is 0 Å². The van der Waals surface area contributed by atoms with Crippen LogP contribution in [0, 0.1) is 0 Å². The van der Waals surface area contributed by atoms with Crippen molar-refractivity contribution in [2.24, 2.45) is 0 Å². The summed E-state index contributed by atoms with van der Waals surface area (Å²) < 4.78 is 69.5. The quantitative estimate of drug-likeness (QED) is 0.331. The molecule has 0 saturated carbocycles. The number of hydrogen-bond acceptors (Lipinski definition) is 5. The standard InChI is InChI=1S/C27H30F3NO4S/c1-20(32)25-13-12-24(17-26(25)36(2,33)34)35-15-7-14-31(18-21-8-4-3-5-9-21)19-22-10-6-11-23(16-22)27(28,29)30/h3-6,8-13,16-17,20,32H,7,14-15,18-19H2,1-2H3. The topological polar surface area (TPSA) is 66.8 Å². The smallest absolute Gasteiger partial charge is 0.416 e. The Hall–Kier alpha value is -2.88. The molecule has 0 bridgehead atoms. The van der Waals surface area contributed by atoms with Crippen molar-refractivity contribution >= 4 is 9.84 Å². The molecule has 0 aliphatic carbocycles. The van der Waals surface area contributed by atoms with Gasteiger partial charge >= 0.3 is 6.18 Å². The number of benzene rings is 3. The van der Waals surface area contributed by atoms with Gasteiger partial charge in [0.05, 0.1) is 23.2 Å². The molecule has 0 saturated heterocycles. The number of alkyl halides is 3. The number of sulfone groups is 1. The molecule has 0 radical (unpaired) electrons. The van der Waals surface area contributed by atoms with E-state index in [4.69, 9.17) is 4.74 Å². The SMILES string of the molecule is CC(O)c1ccc(OCCCN(Cc2ccccc2)Cc2cccc(C(F)(F)F)c2)cc1S(C)(=O)=O. The van der Waals surface area contributed by atoms with E-state index in [0.29, 0.717) is 42.9 Å². The lowest BCUT2D eigenvalue weighted by Crippen LogP contribution is -2.25. The van der Waals surface area contributed by atoms with Gasteiger partial charge in [-0.1, -0.05) is 54.6 Å². The molecule has 5 nitrogen and oxygen atoms in total. The molecule has 3 rings (SSSR count). The molecule has 194 valence electrons. The first-order valence-electron chi connectivity index (χ1n) is 11.5.